The van der Waals surface area contributed by atoms with E-state index >= 15 is 0 Å². The van der Waals surface area contributed by atoms with Gasteiger partial charge in [0.25, 0.3) is 15.9 Å². The maximum Gasteiger partial charge on any atom is 0.340 e. The highest BCUT2D eigenvalue weighted by Crippen LogP contribution is 2.37. The second-order valence-corrected chi connectivity index (χ2v) is 9.40. The molecule has 35 heavy (non-hydrogen) atoms. The molecule has 0 bridgehead atoms. The number of sulfonamides is 1. The molecule has 9 nitrogen and oxygen atoms in total. The lowest BCUT2D eigenvalue weighted by molar-refractivity contribution is -0.122. The van der Waals surface area contributed by atoms with Crippen LogP contribution in [0.3, 0.4) is 0 Å². The molecule has 1 N–H and O–H groups in total. The maximum absolute atomic E-state index is 13.5. The Morgan fingerprint density at radius 3 is 2.43 bits per heavy atom. The third-order valence-electron chi connectivity index (χ3n) is 5.35. The maximum atomic E-state index is 13.5. The van der Waals surface area contributed by atoms with Gasteiger partial charge in [-0.15, -0.1) is 0 Å². The molecule has 1 aliphatic heterocycles. The number of benzene rings is 3. The summed E-state index contributed by atoms with van der Waals surface area (Å²) in [7, 11) is -2.53. The van der Waals surface area contributed by atoms with Gasteiger partial charge in [-0.25, -0.2) is 13.2 Å². The molecular formula is C25H24N2O7S. The number of amides is 1. The number of nitrogens with zero attached hydrogens (tertiary/aromatic N) is 1. The average Bonchev–Trinajstić information content (AvgIpc) is 2.88. The van der Waals surface area contributed by atoms with Gasteiger partial charge in [-0.2, -0.15) is 0 Å². The molecule has 0 aliphatic carbocycles. The molecule has 1 amide bonds. The molecule has 0 spiro atoms. The molecule has 1 heterocycles. The van der Waals surface area contributed by atoms with Gasteiger partial charge in [0.1, 0.15) is 11.5 Å². The number of methoxy groups -OCH3 is 1. The first-order valence-electron chi connectivity index (χ1n) is 10.8. The van der Waals surface area contributed by atoms with Crippen molar-refractivity contribution >= 4 is 33.3 Å². The third kappa shape index (κ3) is 4.92. The van der Waals surface area contributed by atoms with Gasteiger partial charge in [-0.05, 0) is 55.5 Å². The van der Waals surface area contributed by atoms with Gasteiger partial charge in [0.2, 0.25) is 0 Å². The zero-order chi connectivity index (χ0) is 25.0. The molecule has 182 valence electrons. The Hall–Kier alpha value is -4.05. The Morgan fingerprint density at radius 2 is 1.71 bits per heavy atom. The predicted octanol–water partition coefficient (Wildman–Crippen LogP) is 3.47. The van der Waals surface area contributed by atoms with Crippen molar-refractivity contribution in [1.29, 1.82) is 0 Å². The number of esters is 1. The van der Waals surface area contributed by atoms with E-state index in [1.54, 1.807) is 61.5 Å². The Labute approximate surface area is 203 Å². The quantitative estimate of drug-likeness (QED) is 0.499. The number of para-hydroxylation sites is 3. The molecule has 3 aromatic rings. The summed E-state index contributed by atoms with van der Waals surface area (Å²) in [5, 5.41) is 2.67. The zero-order valence-corrected chi connectivity index (χ0v) is 19.9. The molecule has 0 saturated carbocycles. The van der Waals surface area contributed by atoms with Gasteiger partial charge in [-0.1, -0.05) is 24.3 Å². The van der Waals surface area contributed by atoms with E-state index in [0.29, 0.717) is 11.4 Å². The van der Waals surface area contributed by atoms with E-state index in [-0.39, 0.29) is 35.0 Å². The van der Waals surface area contributed by atoms with Crippen LogP contribution in [-0.2, 0) is 19.6 Å². The van der Waals surface area contributed by atoms with Gasteiger partial charge >= 0.3 is 5.97 Å². The standard InChI is InChI=1S/C25H24N2O7S/c1-3-33-25(29)19-8-4-5-9-20(19)26-24(28)23-16-27(21-10-6-7-11-22(21)34-23)35(30,31)18-14-12-17(32-2)13-15-18/h4-15,23H,3,16H2,1-2H3,(H,26,28)/t23-/m0/s1. The van der Waals surface area contributed by atoms with E-state index < -0.39 is 28.0 Å². The second kappa shape index (κ2) is 10.1. The first-order chi connectivity index (χ1) is 16.8. The number of carbonyl (C=O) groups is 2. The minimum atomic E-state index is -4.02. The van der Waals surface area contributed by atoms with Crippen LogP contribution in [-0.4, -0.2) is 46.7 Å². The number of ether oxygens (including phenoxy) is 3. The Morgan fingerprint density at radius 1 is 1.03 bits per heavy atom. The van der Waals surface area contributed by atoms with Crippen LogP contribution in [0, 0.1) is 0 Å². The van der Waals surface area contributed by atoms with E-state index in [4.69, 9.17) is 14.2 Å². The van der Waals surface area contributed by atoms with E-state index in [2.05, 4.69) is 5.32 Å². The fraction of sp³-hybridized carbons (Fsp3) is 0.200. The van der Waals surface area contributed by atoms with Gasteiger partial charge < -0.3 is 19.5 Å². The highest BCUT2D eigenvalue weighted by molar-refractivity contribution is 7.92. The largest absolute Gasteiger partial charge is 0.497 e. The first kappa shape index (κ1) is 24.1. The summed E-state index contributed by atoms with van der Waals surface area (Å²) in [6.45, 7) is 1.60. The number of carbonyl (C=O) groups excluding carboxylic acids is 2. The topological polar surface area (TPSA) is 111 Å². The smallest absolute Gasteiger partial charge is 0.340 e. The van der Waals surface area contributed by atoms with Gasteiger partial charge in [-0.3, -0.25) is 9.10 Å². The van der Waals surface area contributed by atoms with Crippen molar-refractivity contribution in [3.05, 3.63) is 78.4 Å². The minimum Gasteiger partial charge on any atom is -0.497 e. The lowest BCUT2D eigenvalue weighted by Gasteiger charge is -2.34. The number of hydrogen-bond acceptors (Lipinski definition) is 7. The molecular weight excluding hydrogens is 472 g/mol. The number of nitrogens with one attached hydrogen (secondary N) is 1. The predicted molar refractivity (Wildman–Crippen MR) is 129 cm³/mol. The van der Waals surface area contributed by atoms with E-state index in [1.807, 2.05) is 0 Å². The van der Waals surface area contributed by atoms with Crippen molar-refractivity contribution < 1.29 is 32.2 Å². The highest BCUT2D eigenvalue weighted by atomic mass is 32.2. The molecule has 0 radical (unpaired) electrons. The normalized spacial score (nSPS) is 14.9. The van der Waals surface area contributed by atoms with Crippen molar-refractivity contribution in [1.82, 2.24) is 0 Å². The second-order valence-electron chi connectivity index (χ2n) is 7.54. The van der Waals surface area contributed by atoms with Crippen LogP contribution in [0.4, 0.5) is 11.4 Å². The molecule has 3 aromatic carbocycles. The van der Waals surface area contributed by atoms with E-state index in [1.165, 1.54) is 25.3 Å². The van der Waals surface area contributed by atoms with Crippen LogP contribution in [0.1, 0.15) is 17.3 Å². The lowest BCUT2D eigenvalue weighted by atomic mass is 10.1. The Bertz CT molecular complexity index is 1340. The average molecular weight is 497 g/mol. The molecule has 0 fully saturated rings. The van der Waals surface area contributed by atoms with Crippen LogP contribution in [0.2, 0.25) is 0 Å². The SMILES string of the molecule is CCOC(=O)c1ccccc1NC(=O)[C@@H]1CN(S(=O)(=O)c2ccc(OC)cc2)c2ccccc2O1. The lowest BCUT2D eigenvalue weighted by Crippen LogP contribution is -2.48. The summed E-state index contributed by atoms with van der Waals surface area (Å²) in [5.41, 5.74) is 0.740. The van der Waals surface area contributed by atoms with Crippen molar-refractivity contribution in [2.24, 2.45) is 0 Å². The molecule has 0 aromatic heterocycles. The van der Waals surface area contributed by atoms with Crippen LogP contribution in [0.25, 0.3) is 0 Å². The summed E-state index contributed by atoms with van der Waals surface area (Å²) < 4.78 is 44.2. The molecule has 4 rings (SSSR count). The van der Waals surface area contributed by atoms with Crippen molar-refractivity contribution in [3.63, 3.8) is 0 Å². The third-order valence-corrected chi connectivity index (χ3v) is 7.15. The van der Waals surface area contributed by atoms with Crippen molar-refractivity contribution in [2.75, 3.05) is 29.9 Å². The summed E-state index contributed by atoms with van der Waals surface area (Å²) in [6.07, 6.45) is -1.17. The van der Waals surface area contributed by atoms with E-state index in [9.17, 15) is 18.0 Å². The first-order valence-corrected chi connectivity index (χ1v) is 12.3. The Kier molecular flexibility index (Phi) is 6.92. The fourth-order valence-corrected chi connectivity index (χ4v) is 5.11. The number of fused-ring (bicyclic) bond motifs is 1. The van der Waals surface area contributed by atoms with Crippen LogP contribution in [0.15, 0.2) is 77.7 Å². The monoisotopic (exact) mass is 496 g/mol. The van der Waals surface area contributed by atoms with Gasteiger partial charge in [0.05, 0.1) is 42.1 Å². The van der Waals surface area contributed by atoms with Gasteiger partial charge in [0.15, 0.2) is 6.10 Å². The summed E-state index contributed by atoms with van der Waals surface area (Å²) in [4.78, 5) is 25.5. The molecule has 0 unspecified atom stereocenters. The van der Waals surface area contributed by atoms with Crippen molar-refractivity contribution in [2.45, 2.75) is 17.9 Å². The molecule has 1 atom stereocenters. The summed E-state index contributed by atoms with van der Waals surface area (Å²) in [5.74, 6) is -0.424. The van der Waals surface area contributed by atoms with E-state index in [0.717, 1.165) is 4.31 Å². The van der Waals surface area contributed by atoms with Gasteiger partial charge in [0, 0.05) is 0 Å². The minimum absolute atomic E-state index is 0.0433. The molecule has 10 heteroatoms. The molecule has 0 saturated heterocycles. The summed E-state index contributed by atoms with van der Waals surface area (Å²) >= 11 is 0. The number of anilines is 2. The molecule has 1 aliphatic rings. The van der Waals surface area contributed by atoms with Crippen molar-refractivity contribution in [3.8, 4) is 11.5 Å². The highest BCUT2D eigenvalue weighted by Gasteiger charge is 2.37. The number of hydrogen-bond donors (Lipinski definition) is 1. The zero-order valence-electron chi connectivity index (χ0n) is 19.1. The fourth-order valence-electron chi connectivity index (χ4n) is 3.63. The number of rotatable bonds is 7. The van der Waals surface area contributed by atoms with Crippen LogP contribution in [0.5, 0.6) is 11.5 Å². The van der Waals surface area contributed by atoms with Crippen LogP contribution < -0.4 is 19.1 Å². The summed E-state index contributed by atoms with van der Waals surface area (Å²) in [6, 6.07) is 19.0. The van der Waals surface area contributed by atoms with Crippen LogP contribution >= 0.6 is 0 Å². The Balaban J connectivity index is 1.64.